The van der Waals surface area contributed by atoms with Crippen LogP contribution in [0.2, 0.25) is 0 Å². The molecule has 1 N–H and O–H groups in total. The third-order valence-electron chi connectivity index (χ3n) is 2.55. The van der Waals surface area contributed by atoms with Crippen LogP contribution in [-0.2, 0) is 10.0 Å². The van der Waals surface area contributed by atoms with Crippen molar-refractivity contribution in [2.45, 2.75) is 4.90 Å². The zero-order valence-corrected chi connectivity index (χ0v) is 11.2. The average molecular weight is 282 g/mol. The van der Waals surface area contributed by atoms with E-state index in [1.165, 1.54) is 24.3 Å². The van der Waals surface area contributed by atoms with Crippen LogP contribution in [0.5, 0.6) is 0 Å². The van der Waals surface area contributed by atoms with Crippen LogP contribution in [0.1, 0.15) is 11.1 Å². The molecular weight excluding hydrogens is 272 g/mol. The van der Waals surface area contributed by atoms with Crippen molar-refractivity contribution in [3.05, 3.63) is 59.7 Å². The van der Waals surface area contributed by atoms with Crippen molar-refractivity contribution in [3.63, 3.8) is 0 Å². The van der Waals surface area contributed by atoms with Gasteiger partial charge in [-0.1, -0.05) is 18.1 Å². The number of rotatable bonds is 3. The topological polar surface area (TPSA) is 70.0 Å². The van der Waals surface area contributed by atoms with E-state index in [-0.39, 0.29) is 10.5 Å². The lowest BCUT2D eigenvalue weighted by atomic mass is 10.2. The van der Waals surface area contributed by atoms with Gasteiger partial charge >= 0.3 is 0 Å². The molecule has 0 aliphatic carbocycles. The van der Waals surface area contributed by atoms with Gasteiger partial charge in [0.2, 0.25) is 0 Å². The number of hydrogen-bond donors (Lipinski definition) is 1. The monoisotopic (exact) mass is 282 g/mol. The Kier molecular flexibility index (Phi) is 3.74. The normalized spacial score (nSPS) is 10.3. The summed E-state index contributed by atoms with van der Waals surface area (Å²) in [6.07, 6.45) is 5.27. The molecule has 0 amide bonds. The van der Waals surface area contributed by atoms with Crippen molar-refractivity contribution in [1.82, 2.24) is 0 Å². The van der Waals surface area contributed by atoms with E-state index in [2.05, 4.69) is 10.6 Å². The highest BCUT2D eigenvalue weighted by molar-refractivity contribution is 7.92. The van der Waals surface area contributed by atoms with Gasteiger partial charge in [0.25, 0.3) is 10.0 Å². The molecule has 2 rings (SSSR count). The van der Waals surface area contributed by atoms with Crippen LogP contribution in [0.25, 0.3) is 0 Å². The number of benzene rings is 2. The zero-order chi connectivity index (χ0) is 14.6. The van der Waals surface area contributed by atoms with Crippen LogP contribution in [0, 0.1) is 23.7 Å². The Morgan fingerprint density at radius 2 is 1.75 bits per heavy atom. The summed E-state index contributed by atoms with van der Waals surface area (Å²) in [4.78, 5) is 0.0302. The van der Waals surface area contributed by atoms with Gasteiger partial charge in [-0.3, -0.25) is 4.72 Å². The van der Waals surface area contributed by atoms with Crippen LogP contribution in [0.15, 0.2) is 53.4 Å². The summed E-state index contributed by atoms with van der Waals surface area (Å²) in [6, 6.07) is 14.2. The SMILES string of the molecule is C#Cc1cccc(NS(=O)(=O)c2cccc(C#N)c2)c1. The Morgan fingerprint density at radius 3 is 2.45 bits per heavy atom. The molecule has 0 heterocycles. The largest absolute Gasteiger partial charge is 0.280 e. The van der Waals surface area contributed by atoms with Gasteiger partial charge < -0.3 is 0 Å². The minimum Gasteiger partial charge on any atom is -0.280 e. The first-order chi connectivity index (χ1) is 9.55. The van der Waals surface area contributed by atoms with Crippen LogP contribution < -0.4 is 4.72 Å². The van der Waals surface area contributed by atoms with Crippen molar-refractivity contribution in [2.75, 3.05) is 4.72 Å². The van der Waals surface area contributed by atoms with E-state index >= 15 is 0 Å². The van der Waals surface area contributed by atoms with Crippen LogP contribution in [-0.4, -0.2) is 8.42 Å². The van der Waals surface area contributed by atoms with E-state index in [1.807, 2.05) is 6.07 Å². The maximum atomic E-state index is 12.2. The molecule has 2 aromatic carbocycles. The van der Waals surface area contributed by atoms with Gasteiger partial charge in [0.1, 0.15) is 0 Å². The Morgan fingerprint density at radius 1 is 1.05 bits per heavy atom. The summed E-state index contributed by atoms with van der Waals surface area (Å²) in [5.41, 5.74) is 1.24. The van der Waals surface area contributed by atoms with Crippen molar-refractivity contribution in [1.29, 1.82) is 5.26 Å². The summed E-state index contributed by atoms with van der Waals surface area (Å²) < 4.78 is 26.8. The lowest BCUT2D eigenvalue weighted by Crippen LogP contribution is -2.13. The zero-order valence-electron chi connectivity index (χ0n) is 10.4. The fourth-order valence-corrected chi connectivity index (χ4v) is 2.71. The number of nitrogens with one attached hydrogen (secondary N) is 1. The molecule has 0 atom stereocenters. The lowest BCUT2D eigenvalue weighted by Gasteiger charge is -2.08. The highest BCUT2D eigenvalue weighted by atomic mass is 32.2. The second kappa shape index (κ2) is 5.48. The minimum atomic E-state index is -3.74. The molecule has 0 saturated heterocycles. The van der Waals surface area contributed by atoms with Gasteiger partial charge in [0.15, 0.2) is 0 Å². The summed E-state index contributed by atoms with van der Waals surface area (Å²) in [7, 11) is -3.74. The summed E-state index contributed by atoms with van der Waals surface area (Å²) >= 11 is 0. The molecule has 20 heavy (non-hydrogen) atoms. The minimum absolute atomic E-state index is 0.0302. The molecule has 0 spiro atoms. The molecule has 0 saturated carbocycles. The van der Waals surface area contributed by atoms with E-state index in [0.29, 0.717) is 11.3 Å². The number of nitrogens with zero attached hydrogens (tertiary/aromatic N) is 1. The Balaban J connectivity index is 2.36. The molecule has 0 unspecified atom stereocenters. The number of sulfonamides is 1. The third-order valence-corrected chi connectivity index (χ3v) is 3.93. The summed E-state index contributed by atoms with van der Waals surface area (Å²) in [5, 5.41) is 8.80. The molecule has 2 aromatic rings. The maximum Gasteiger partial charge on any atom is 0.261 e. The quantitative estimate of drug-likeness (QED) is 0.878. The van der Waals surface area contributed by atoms with Gasteiger partial charge in [-0.15, -0.1) is 6.42 Å². The molecule has 98 valence electrons. The summed E-state index contributed by atoms with van der Waals surface area (Å²) in [5.74, 6) is 2.43. The van der Waals surface area contributed by atoms with Crippen molar-refractivity contribution in [3.8, 4) is 18.4 Å². The van der Waals surface area contributed by atoms with Crippen molar-refractivity contribution in [2.24, 2.45) is 0 Å². The van der Waals surface area contributed by atoms with E-state index in [4.69, 9.17) is 11.7 Å². The molecule has 0 aliphatic rings. The molecule has 0 aromatic heterocycles. The van der Waals surface area contributed by atoms with Crippen molar-refractivity contribution < 1.29 is 8.42 Å². The predicted molar refractivity (Wildman–Crippen MR) is 76.3 cm³/mol. The standard InChI is InChI=1S/C15H10N2O2S/c1-2-12-5-3-7-14(9-12)17-20(18,19)15-8-4-6-13(10-15)11-16/h1,3-10,17H. The molecular formula is C15H10N2O2S. The Bertz CT molecular complexity index is 827. The van der Waals surface area contributed by atoms with Gasteiger partial charge in [-0.2, -0.15) is 5.26 Å². The highest BCUT2D eigenvalue weighted by Gasteiger charge is 2.14. The third kappa shape index (κ3) is 2.97. The Labute approximate surface area is 117 Å². The number of nitriles is 1. The smallest absolute Gasteiger partial charge is 0.261 e. The first-order valence-electron chi connectivity index (χ1n) is 5.65. The van der Waals surface area contributed by atoms with Crippen molar-refractivity contribution >= 4 is 15.7 Å². The van der Waals surface area contributed by atoms with E-state index in [1.54, 1.807) is 24.3 Å². The van der Waals surface area contributed by atoms with Gasteiger partial charge in [0.05, 0.1) is 22.2 Å². The number of terminal acetylenes is 1. The second-order valence-electron chi connectivity index (χ2n) is 3.97. The van der Waals surface area contributed by atoms with Crippen LogP contribution in [0.4, 0.5) is 5.69 Å². The predicted octanol–water partition coefficient (Wildman–Crippen LogP) is 2.34. The lowest BCUT2D eigenvalue weighted by molar-refractivity contribution is 0.601. The van der Waals surface area contributed by atoms with Gasteiger partial charge in [0, 0.05) is 5.56 Å². The van der Waals surface area contributed by atoms with E-state index < -0.39 is 10.0 Å². The fourth-order valence-electron chi connectivity index (χ4n) is 1.62. The summed E-state index contributed by atoms with van der Waals surface area (Å²) in [6.45, 7) is 0. The molecule has 0 bridgehead atoms. The molecule has 4 nitrogen and oxygen atoms in total. The second-order valence-corrected chi connectivity index (χ2v) is 5.65. The van der Waals surface area contributed by atoms with Crippen LogP contribution in [0.3, 0.4) is 0 Å². The fraction of sp³-hybridized carbons (Fsp3) is 0. The number of anilines is 1. The Hall–Kier alpha value is -2.76. The molecule has 5 heteroatoms. The highest BCUT2D eigenvalue weighted by Crippen LogP contribution is 2.17. The number of hydrogen-bond acceptors (Lipinski definition) is 3. The average Bonchev–Trinajstić information content (AvgIpc) is 2.47. The first-order valence-corrected chi connectivity index (χ1v) is 7.13. The molecule has 0 radical (unpaired) electrons. The maximum absolute atomic E-state index is 12.2. The first kappa shape index (κ1) is 13.7. The molecule has 0 fully saturated rings. The van der Waals surface area contributed by atoms with Gasteiger partial charge in [-0.25, -0.2) is 8.42 Å². The van der Waals surface area contributed by atoms with Crippen LogP contribution >= 0.6 is 0 Å². The van der Waals surface area contributed by atoms with E-state index in [9.17, 15) is 8.42 Å². The van der Waals surface area contributed by atoms with E-state index in [0.717, 1.165) is 0 Å². The van der Waals surface area contributed by atoms with Gasteiger partial charge in [-0.05, 0) is 36.4 Å². The molecule has 0 aliphatic heterocycles.